The van der Waals surface area contributed by atoms with E-state index in [-0.39, 0.29) is 11.8 Å². The van der Waals surface area contributed by atoms with Crippen molar-refractivity contribution in [1.29, 1.82) is 5.26 Å². The molecule has 0 spiro atoms. The Morgan fingerprint density at radius 3 is 2.16 bits per heavy atom. The minimum Gasteiger partial charge on any atom is -0.380 e. The number of carbonyl (C=O) groups excluding carboxylic acids is 1. The van der Waals surface area contributed by atoms with E-state index in [2.05, 4.69) is 21.4 Å². The average Bonchev–Trinajstić information content (AvgIpc) is 3.31. The zero-order valence-corrected chi connectivity index (χ0v) is 21.5. The predicted octanol–water partition coefficient (Wildman–Crippen LogP) is 5.57. The smallest absolute Gasteiger partial charge is 0.261 e. The van der Waals surface area contributed by atoms with Crippen molar-refractivity contribution in [3.63, 3.8) is 0 Å². The summed E-state index contributed by atoms with van der Waals surface area (Å²) in [5.41, 5.74) is 3.45. The van der Waals surface area contributed by atoms with Crippen molar-refractivity contribution >= 4 is 17.3 Å². The number of amides is 1. The number of nitriles is 1. The summed E-state index contributed by atoms with van der Waals surface area (Å²) in [4.78, 5) is 14.9. The molecule has 1 aliphatic rings. The van der Waals surface area contributed by atoms with Gasteiger partial charge in [0.15, 0.2) is 0 Å². The third kappa shape index (κ3) is 4.67. The van der Waals surface area contributed by atoms with Crippen LogP contribution in [0.5, 0.6) is 0 Å². The van der Waals surface area contributed by atoms with Crippen molar-refractivity contribution in [2.24, 2.45) is 5.92 Å². The number of aryl methyl sites for hydroxylation is 2. The molecule has 1 amide bonds. The average molecular weight is 507 g/mol. The molecule has 7 heteroatoms. The molecule has 2 heterocycles. The number of aliphatic hydroxyl groups is 1. The van der Waals surface area contributed by atoms with Gasteiger partial charge in [-0.05, 0) is 61.9 Å². The van der Waals surface area contributed by atoms with Gasteiger partial charge in [-0.25, -0.2) is 0 Å². The SMILES string of the molecule is Cc1noc(C)c1C(=O)Nc1ccc(N2CCC(C(O)(c3ccccc3)c3ccccc3)CC2)c(C#N)c1. The summed E-state index contributed by atoms with van der Waals surface area (Å²) in [6, 6.07) is 27.4. The Labute approximate surface area is 222 Å². The van der Waals surface area contributed by atoms with Gasteiger partial charge in [-0.1, -0.05) is 65.8 Å². The van der Waals surface area contributed by atoms with E-state index in [1.807, 2.05) is 72.8 Å². The van der Waals surface area contributed by atoms with E-state index in [0.717, 1.165) is 29.7 Å². The van der Waals surface area contributed by atoms with Crippen molar-refractivity contribution in [2.75, 3.05) is 23.3 Å². The summed E-state index contributed by atoms with van der Waals surface area (Å²) < 4.78 is 5.10. The molecule has 192 valence electrons. The first-order valence-electron chi connectivity index (χ1n) is 12.8. The maximum Gasteiger partial charge on any atom is 0.261 e. The second-order valence-corrected chi connectivity index (χ2v) is 9.76. The maximum absolute atomic E-state index is 12.7. The predicted molar refractivity (Wildman–Crippen MR) is 146 cm³/mol. The minimum absolute atomic E-state index is 0.0164. The summed E-state index contributed by atoms with van der Waals surface area (Å²) in [5.74, 6) is 0.147. The van der Waals surface area contributed by atoms with Gasteiger partial charge >= 0.3 is 0 Å². The highest BCUT2D eigenvalue weighted by molar-refractivity contribution is 6.05. The molecule has 3 aromatic carbocycles. The number of benzene rings is 3. The molecule has 7 nitrogen and oxygen atoms in total. The summed E-state index contributed by atoms with van der Waals surface area (Å²) in [6.07, 6.45) is 1.52. The number of anilines is 2. The summed E-state index contributed by atoms with van der Waals surface area (Å²) in [7, 11) is 0. The lowest BCUT2D eigenvalue weighted by Gasteiger charge is -2.43. The first kappa shape index (κ1) is 25.2. The zero-order valence-electron chi connectivity index (χ0n) is 21.5. The van der Waals surface area contributed by atoms with E-state index in [1.165, 1.54) is 0 Å². The monoisotopic (exact) mass is 506 g/mol. The van der Waals surface area contributed by atoms with Gasteiger partial charge in [-0.2, -0.15) is 5.26 Å². The van der Waals surface area contributed by atoms with E-state index in [9.17, 15) is 15.2 Å². The van der Waals surface area contributed by atoms with Crippen molar-refractivity contribution < 1.29 is 14.4 Å². The molecular weight excluding hydrogens is 476 g/mol. The molecule has 0 bridgehead atoms. The Morgan fingerprint density at radius 2 is 1.63 bits per heavy atom. The summed E-state index contributed by atoms with van der Waals surface area (Å²) >= 11 is 0. The molecule has 0 aliphatic carbocycles. The van der Waals surface area contributed by atoms with Crippen LogP contribution in [0.4, 0.5) is 11.4 Å². The quantitative estimate of drug-likeness (QED) is 0.355. The zero-order chi connectivity index (χ0) is 26.7. The van der Waals surface area contributed by atoms with Gasteiger partial charge in [0.05, 0.1) is 16.9 Å². The van der Waals surface area contributed by atoms with E-state index in [0.29, 0.717) is 41.4 Å². The standard InChI is InChI=1S/C31H30N4O3/c1-21-29(22(2)38-34-21)30(36)33-27-13-14-28(23(19-27)20-32)35-17-15-26(16-18-35)31(37,24-9-5-3-6-10-24)25-11-7-4-8-12-25/h3-14,19,26,37H,15-18H2,1-2H3,(H,33,36). The van der Waals surface area contributed by atoms with Gasteiger partial charge in [0.1, 0.15) is 23.0 Å². The van der Waals surface area contributed by atoms with Crippen LogP contribution < -0.4 is 10.2 Å². The van der Waals surface area contributed by atoms with Gasteiger partial charge < -0.3 is 19.8 Å². The molecule has 1 saturated heterocycles. The van der Waals surface area contributed by atoms with Gasteiger partial charge in [0, 0.05) is 18.8 Å². The van der Waals surface area contributed by atoms with Crippen molar-refractivity contribution in [2.45, 2.75) is 32.3 Å². The number of nitrogens with one attached hydrogen (secondary N) is 1. The van der Waals surface area contributed by atoms with Crippen molar-refractivity contribution in [3.05, 3.63) is 113 Å². The second kappa shape index (κ2) is 10.5. The molecule has 4 aromatic rings. The van der Waals surface area contributed by atoms with Crippen LogP contribution in [0, 0.1) is 31.1 Å². The largest absolute Gasteiger partial charge is 0.380 e. The van der Waals surface area contributed by atoms with Crippen LogP contribution in [-0.2, 0) is 5.60 Å². The Bertz CT molecular complexity index is 1410. The summed E-state index contributed by atoms with van der Waals surface area (Å²) in [5, 5.41) is 28.7. The van der Waals surface area contributed by atoms with Crippen LogP contribution in [0.2, 0.25) is 0 Å². The fourth-order valence-electron chi connectivity index (χ4n) is 5.54. The highest BCUT2D eigenvalue weighted by Crippen LogP contribution is 2.42. The molecule has 0 saturated carbocycles. The first-order valence-corrected chi connectivity index (χ1v) is 12.8. The maximum atomic E-state index is 12.7. The Balaban J connectivity index is 1.34. The van der Waals surface area contributed by atoms with Crippen molar-refractivity contribution in [1.82, 2.24) is 5.16 Å². The van der Waals surface area contributed by atoms with Gasteiger partial charge in [-0.15, -0.1) is 0 Å². The lowest BCUT2D eigenvalue weighted by molar-refractivity contribution is 0.00505. The lowest BCUT2D eigenvalue weighted by atomic mass is 9.72. The molecule has 0 radical (unpaired) electrons. The van der Waals surface area contributed by atoms with Crippen LogP contribution in [0.25, 0.3) is 0 Å². The van der Waals surface area contributed by atoms with E-state index in [1.54, 1.807) is 19.9 Å². The number of hydrogen-bond acceptors (Lipinski definition) is 6. The minimum atomic E-state index is -1.10. The van der Waals surface area contributed by atoms with Gasteiger partial charge in [0.25, 0.3) is 5.91 Å². The molecule has 1 aliphatic heterocycles. The number of hydrogen-bond donors (Lipinski definition) is 2. The highest BCUT2D eigenvalue weighted by Gasteiger charge is 2.41. The topological polar surface area (TPSA) is 102 Å². The Hall–Kier alpha value is -4.41. The second-order valence-electron chi connectivity index (χ2n) is 9.76. The van der Waals surface area contributed by atoms with Crippen molar-refractivity contribution in [3.8, 4) is 6.07 Å². The molecule has 1 fully saturated rings. The number of aromatic nitrogens is 1. The fourth-order valence-corrected chi connectivity index (χ4v) is 5.54. The lowest BCUT2D eigenvalue weighted by Crippen LogP contribution is -2.44. The van der Waals surface area contributed by atoms with Crippen LogP contribution >= 0.6 is 0 Å². The molecule has 0 atom stereocenters. The normalized spacial score (nSPS) is 14.2. The van der Waals surface area contributed by atoms with E-state index >= 15 is 0 Å². The molecule has 38 heavy (non-hydrogen) atoms. The summed E-state index contributed by atoms with van der Waals surface area (Å²) in [6.45, 7) is 4.81. The number of nitrogens with zero attached hydrogens (tertiary/aromatic N) is 3. The number of carbonyl (C=O) groups is 1. The first-order chi connectivity index (χ1) is 18.4. The Morgan fingerprint density at radius 1 is 1.03 bits per heavy atom. The van der Waals surface area contributed by atoms with Crippen LogP contribution in [-0.4, -0.2) is 29.3 Å². The molecule has 0 unspecified atom stereocenters. The fraction of sp³-hybridized carbons (Fsp3) is 0.258. The highest BCUT2D eigenvalue weighted by atomic mass is 16.5. The number of rotatable bonds is 6. The van der Waals surface area contributed by atoms with Crippen LogP contribution in [0.3, 0.4) is 0 Å². The third-order valence-electron chi connectivity index (χ3n) is 7.49. The Kier molecular flexibility index (Phi) is 6.99. The molecule has 5 rings (SSSR count). The van der Waals surface area contributed by atoms with Crippen LogP contribution in [0.1, 0.15) is 51.3 Å². The molecule has 2 N–H and O–H groups in total. The number of piperidine rings is 1. The van der Waals surface area contributed by atoms with E-state index < -0.39 is 5.60 Å². The van der Waals surface area contributed by atoms with Gasteiger partial charge in [-0.3, -0.25) is 4.79 Å². The molecule has 1 aromatic heterocycles. The molecular formula is C31H30N4O3. The van der Waals surface area contributed by atoms with E-state index in [4.69, 9.17) is 4.52 Å². The van der Waals surface area contributed by atoms with Crippen LogP contribution in [0.15, 0.2) is 83.4 Å². The third-order valence-corrected chi connectivity index (χ3v) is 7.49. The van der Waals surface area contributed by atoms with Gasteiger partial charge in [0.2, 0.25) is 0 Å².